The highest BCUT2D eigenvalue weighted by atomic mass is 35.5. The number of hydrogen-bond acceptors (Lipinski definition) is 3. The van der Waals surface area contributed by atoms with Crippen LogP contribution in [0.4, 0.5) is 0 Å². The second-order valence-corrected chi connectivity index (χ2v) is 6.98. The molecule has 0 saturated carbocycles. The van der Waals surface area contributed by atoms with Gasteiger partial charge in [0, 0.05) is 22.9 Å². The van der Waals surface area contributed by atoms with Crippen LogP contribution in [0.25, 0.3) is 0 Å². The number of carbonyl (C=O) groups is 1. The fourth-order valence-electron chi connectivity index (χ4n) is 2.64. The van der Waals surface area contributed by atoms with E-state index in [1.165, 1.54) is 0 Å². The van der Waals surface area contributed by atoms with Crippen molar-refractivity contribution in [3.05, 3.63) is 59.1 Å². The second-order valence-electron chi connectivity index (χ2n) is 5.39. The summed E-state index contributed by atoms with van der Waals surface area (Å²) in [5.41, 5.74) is 1.09. The molecule has 2 aromatic carbocycles. The third-order valence-electron chi connectivity index (χ3n) is 3.86. The topological polar surface area (TPSA) is 29.5 Å². The summed E-state index contributed by atoms with van der Waals surface area (Å²) in [5.74, 6) is 1.04. The van der Waals surface area contributed by atoms with Gasteiger partial charge in [-0.05, 0) is 48.4 Å². The lowest BCUT2D eigenvalue weighted by molar-refractivity contribution is -0.128. The number of nitrogens with zero attached hydrogens (tertiary/aromatic N) is 1. The maximum atomic E-state index is 12.2. The first-order valence-corrected chi connectivity index (χ1v) is 8.79. The summed E-state index contributed by atoms with van der Waals surface area (Å²) >= 11 is 7.67. The van der Waals surface area contributed by atoms with Gasteiger partial charge in [0.1, 0.15) is 11.1 Å². The van der Waals surface area contributed by atoms with E-state index in [-0.39, 0.29) is 11.3 Å². The van der Waals surface area contributed by atoms with Crippen molar-refractivity contribution in [3.8, 4) is 5.75 Å². The van der Waals surface area contributed by atoms with Crippen molar-refractivity contribution in [2.24, 2.45) is 0 Å². The Morgan fingerprint density at radius 3 is 2.39 bits per heavy atom. The second kappa shape index (κ2) is 7.28. The van der Waals surface area contributed by atoms with Crippen LogP contribution < -0.4 is 4.74 Å². The van der Waals surface area contributed by atoms with Gasteiger partial charge in [-0.3, -0.25) is 4.79 Å². The Balaban J connectivity index is 1.87. The molecule has 1 atom stereocenters. The summed E-state index contributed by atoms with van der Waals surface area (Å²) in [7, 11) is 1.65. The van der Waals surface area contributed by atoms with Crippen molar-refractivity contribution in [2.75, 3.05) is 13.7 Å². The van der Waals surface area contributed by atoms with Gasteiger partial charge in [-0.1, -0.05) is 35.5 Å². The molecular formula is C18H18ClNO2S. The third kappa shape index (κ3) is 3.82. The SMILES string of the molecule is COc1ccc(SC(c2ccc(Cl)cc2)N2CCCC2=O)cc1. The minimum absolute atomic E-state index is 0.0318. The van der Waals surface area contributed by atoms with Gasteiger partial charge in [0.25, 0.3) is 0 Å². The standard InChI is InChI=1S/C18H18ClNO2S/c1-22-15-8-10-16(11-9-15)23-18(20-12-2-3-17(20)21)13-4-6-14(19)7-5-13/h4-11,18H,2-3,12H2,1H3. The smallest absolute Gasteiger partial charge is 0.223 e. The van der Waals surface area contributed by atoms with E-state index in [1.807, 2.05) is 53.4 Å². The molecule has 0 radical (unpaired) electrons. The van der Waals surface area contributed by atoms with Crippen LogP contribution >= 0.6 is 23.4 Å². The molecule has 0 bridgehead atoms. The average molecular weight is 348 g/mol. The minimum atomic E-state index is -0.0318. The highest BCUT2D eigenvalue weighted by Gasteiger charge is 2.29. The van der Waals surface area contributed by atoms with E-state index in [4.69, 9.17) is 16.3 Å². The third-order valence-corrected chi connectivity index (χ3v) is 5.40. The highest BCUT2D eigenvalue weighted by Crippen LogP contribution is 2.40. The van der Waals surface area contributed by atoms with Gasteiger partial charge in [0.2, 0.25) is 5.91 Å². The van der Waals surface area contributed by atoms with Crippen molar-refractivity contribution in [1.82, 2.24) is 4.90 Å². The molecule has 0 aliphatic carbocycles. The lowest BCUT2D eigenvalue weighted by Gasteiger charge is -2.28. The summed E-state index contributed by atoms with van der Waals surface area (Å²) < 4.78 is 5.20. The molecule has 1 amide bonds. The van der Waals surface area contributed by atoms with Gasteiger partial charge >= 0.3 is 0 Å². The number of amides is 1. The molecule has 2 aromatic rings. The van der Waals surface area contributed by atoms with Gasteiger partial charge in [-0.2, -0.15) is 0 Å². The molecule has 0 aromatic heterocycles. The van der Waals surface area contributed by atoms with E-state index in [0.29, 0.717) is 11.4 Å². The Kier molecular flexibility index (Phi) is 5.13. The number of rotatable bonds is 5. The monoisotopic (exact) mass is 347 g/mol. The van der Waals surface area contributed by atoms with E-state index in [0.717, 1.165) is 29.2 Å². The molecule has 3 rings (SSSR count). The number of benzene rings is 2. The van der Waals surface area contributed by atoms with Crippen molar-refractivity contribution in [3.63, 3.8) is 0 Å². The van der Waals surface area contributed by atoms with E-state index in [9.17, 15) is 4.79 Å². The zero-order chi connectivity index (χ0) is 16.2. The zero-order valence-corrected chi connectivity index (χ0v) is 14.4. The number of ether oxygens (including phenoxy) is 1. The Morgan fingerprint density at radius 2 is 1.83 bits per heavy atom. The highest BCUT2D eigenvalue weighted by molar-refractivity contribution is 7.99. The Bertz CT molecular complexity index is 672. The van der Waals surface area contributed by atoms with Crippen LogP contribution in [0.1, 0.15) is 23.8 Å². The zero-order valence-electron chi connectivity index (χ0n) is 12.9. The van der Waals surface area contributed by atoms with Crippen LogP contribution in [0.2, 0.25) is 5.02 Å². The van der Waals surface area contributed by atoms with Crippen LogP contribution in [0, 0.1) is 0 Å². The quantitative estimate of drug-likeness (QED) is 0.730. The molecule has 3 nitrogen and oxygen atoms in total. The Labute approximate surface area is 145 Å². The van der Waals surface area contributed by atoms with Gasteiger partial charge in [-0.15, -0.1) is 0 Å². The number of likely N-dealkylation sites (tertiary alicyclic amines) is 1. The van der Waals surface area contributed by atoms with Crippen LogP contribution in [0.5, 0.6) is 5.75 Å². The summed E-state index contributed by atoms with van der Waals surface area (Å²) in [6.07, 6.45) is 1.55. The predicted molar refractivity (Wildman–Crippen MR) is 94.0 cm³/mol. The van der Waals surface area contributed by atoms with Gasteiger partial charge < -0.3 is 9.64 Å². The van der Waals surface area contributed by atoms with Crippen molar-refractivity contribution < 1.29 is 9.53 Å². The maximum absolute atomic E-state index is 12.2. The Hall–Kier alpha value is -1.65. The Morgan fingerprint density at radius 1 is 1.13 bits per heavy atom. The van der Waals surface area contributed by atoms with E-state index >= 15 is 0 Å². The van der Waals surface area contributed by atoms with Crippen LogP contribution in [-0.4, -0.2) is 24.5 Å². The molecule has 120 valence electrons. The summed E-state index contributed by atoms with van der Waals surface area (Å²) in [6.45, 7) is 0.801. The predicted octanol–water partition coefficient (Wildman–Crippen LogP) is 4.76. The van der Waals surface area contributed by atoms with Gasteiger partial charge in [0.05, 0.1) is 7.11 Å². The first-order chi connectivity index (χ1) is 11.2. The molecule has 1 aliphatic heterocycles. The number of thioether (sulfide) groups is 1. The van der Waals surface area contributed by atoms with Crippen LogP contribution in [0.3, 0.4) is 0 Å². The summed E-state index contributed by atoms with van der Waals surface area (Å²) in [6, 6.07) is 15.7. The van der Waals surface area contributed by atoms with E-state index in [1.54, 1.807) is 18.9 Å². The maximum Gasteiger partial charge on any atom is 0.223 e. The fraction of sp³-hybridized carbons (Fsp3) is 0.278. The van der Waals surface area contributed by atoms with Crippen molar-refractivity contribution in [2.45, 2.75) is 23.1 Å². The van der Waals surface area contributed by atoms with E-state index < -0.39 is 0 Å². The first-order valence-electron chi connectivity index (χ1n) is 7.53. The number of methoxy groups -OCH3 is 1. The fourth-order valence-corrected chi connectivity index (χ4v) is 3.96. The molecule has 1 heterocycles. The van der Waals surface area contributed by atoms with Crippen molar-refractivity contribution in [1.29, 1.82) is 0 Å². The molecule has 1 unspecified atom stereocenters. The first kappa shape index (κ1) is 16.2. The van der Waals surface area contributed by atoms with Gasteiger partial charge in [-0.25, -0.2) is 0 Å². The van der Waals surface area contributed by atoms with E-state index in [2.05, 4.69) is 0 Å². The summed E-state index contributed by atoms with van der Waals surface area (Å²) in [5, 5.41) is 0.672. The van der Waals surface area contributed by atoms with Crippen LogP contribution in [-0.2, 0) is 4.79 Å². The molecule has 1 fully saturated rings. The lowest BCUT2D eigenvalue weighted by Crippen LogP contribution is -2.27. The molecular weight excluding hydrogens is 330 g/mol. The lowest BCUT2D eigenvalue weighted by atomic mass is 10.2. The minimum Gasteiger partial charge on any atom is -0.497 e. The molecule has 5 heteroatoms. The van der Waals surface area contributed by atoms with Crippen molar-refractivity contribution >= 4 is 29.3 Å². The average Bonchev–Trinajstić information content (AvgIpc) is 3.00. The van der Waals surface area contributed by atoms with Crippen LogP contribution in [0.15, 0.2) is 53.4 Å². The van der Waals surface area contributed by atoms with Gasteiger partial charge in [0.15, 0.2) is 0 Å². The number of halogens is 1. The normalized spacial score (nSPS) is 15.7. The number of carbonyl (C=O) groups excluding carboxylic acids is 1. The molecule has 1 aliphatic rings. The molecule has 0 spiro atoms. The molecule has 1 saturated heterocycles. The molecule has 0 N–H and O–H groups in total. The summed E-state index contributed by atoms with van der Waals surface area (Å²) in [4.78, 5) is 15.3. The molecule has 23 heavy (non-hydrogen) atoms. The number of hydrogen-bond donors (Lipinski definition) is 0. The largest absolute Gasteiger partial charge is 0.497 e.